The van der Waals surface area contributed by atoms with Gasteiger partial charge in [0.1, 0.15) is 0 Å². The number of allylic oxidation sites excluding steroid dienone is 3. The number of nitro groups is 1. The first-order chi connectivity index (χ1) is 7.22. The second-order valence-electron chi connectivity index (χ2n) is 3.46. The maximum Gasteiger partial charge on any atom is 0.250 e. The SMILES string of the molecule is CCn1ccc2c1C=CC=C([N+](=O)[O-])C2. The third-order valence-corrected chi connectivity index (χ3v) is 2.58. The predicted molar refractivity (Wildman–Crippen MR) is 57.9 cm³/mol. The Bertz CT molecular complexity index is 455. The Morgan fingerprint density at radius 1 is 1.60 bits per heavy atom. The van der Waals surface area contributed by atoms with Crippen LogP contribution in [0.2, 0.25) is 0 Å². The first-order valence-electron chi connectivity index (χ1n) is 4.92. The molecular weight excluding hydrogens is 192 g/mol. The molecule has 4 nitrogen and oxygen atoms in total. The van der Waals surface area contributed by atoms with Gasteiger partial charge in [-0.1, -0.05) is 6.08 Å². The molecule has 15 heavy (non-hydrogen) atoms. The van der Waals surface area contributed by atoms with Crippen LogP contribution >= 0.6 is 0 Å². The molecule has 0 atom stereocenters. The van der Waals surface area contributed by atoms with Crippen molar-refractivity contribution in [2.45, 2.75) is 19.9 Å². The highest BCUT2D eigenvalue weighted by atomic mass is 16.6. The Morgan fingerprint density at radius 3 is 3.07 bits per heavy atom. The van der Waals surface area contributed by atoms with Gasteiger partial charge in [0.25, 0.3) is 5.70 Å². The van der Waals surface area contributed by atoms with E-state index >= 15 is 0 Å². The van der Waals surface area contributed by atoms with E-state index in [2.05, 4.69) is 11.5 Å². The molecule has 1 heterocycles. The lowest BCUT2D eigenvalue weighted by Crippen LogP contribution is -2.02. The second-order valence-corrected chi connectivity index (χ2v) is 3.46. The van der Waals surface area contributed by atoms with Crippen LogP contribution in [0.1, 0.15) is 18.2 Å². The van der Waals surface area contributed by atoms with Crippen LogP contribution in [0.25, 0.3) is 6.08 Å². The third-order valence-electron chi connectivity index (χ3n) is 2.58. The fourth-order valence-corrected chi connectivity index (χ4v) is 1.79. The summed E-state index contributed by atoms with van der Waals surface area (Å²) in [6.07, 6.45) is 7.62. The van der Waals surface area contributed by atoms with Crippen molar-refractivity contribution in [1.82, 2.24) is 4.57 Å². The van der Waals surface area contributed by atoms with E-state index in [0.717, 1.165) is 17.8 Å². The highest BCUT2D eigenvalue weighted by Gasteiger charge is 2.16. The molecule has 1 aliphatic rings. The lowest BCUT2D eigenvalue weighted by atomic mass is 10.1. The van der Waals surface area contributed by atoms with Gasteiger partial charge in [-0.25, -0.2) is 0 Å². The van der Waals surface area contributed by atoms with Crippen LogP contribution in [0, 0.1) is 10.1 Å². The average molecular weight is 204 g/mol. The first-order valence-corrected chi connectivity index (χ1v) is 4.92. The van der Waals surface area contributed by atoms with E-state index in [1.165, 1.54) is 0 Å². The molecule has 0 N–H and O–H groups in total. The molecule has 0 fully saturated rings. The lowest BCUT2D eigenvalue weighted by Gasteiger charge is -2.02. The summed E-state index contributed by atoms with van der Waals surface area (Å²) in [7, 11) is 0. The van der Waals surface area contributed by atoms with Crippen molar-refractivity contribution in [2.24, 2.45) is 0 Å². The lowest BCUT2D eigenvalue weighted by molar-refractivity contribution is -0.427. The minimum Gasteiger partial charge on any atom is -0.348 e. The van der Waals surface area contributed by atoms with Gasteiger partial charge in [0.05, 0.1) is 11.3 Å². The number of hydrogen-bond donors (Lipinski definition) is 0. The van der Waals surface area contributed by atoms with Crippen LogP contribution in [0.4, 0.5) is 0 Å². The van der Waals surface area contributed by atoms with E-state index in [4.69, 9.17) is 0 Å². The summed E-state index contributed by atoms with van der Waals surface area (Å²) in [6.45, 7) is 2.94. The first kappa shape index (κ1) is 9.71. The topological polar surface area (TPSA) is 48.1 Å². The Balaban J connectivity index is 2.40. The molecule has 0 bridgehead atoms. The standard InChI is InChI=1S/C11H12N2O2/c1-2-12-7-6-9-8-10(13(14)15)4-3-5-11(9)12/h3-7H,2,8H2,1H3. The van der Waals surface area contributed by atoms with Crippen molar-refractivity contribution in [2.75, 3.05) is 0 Å². The highest BCUT2D eigenvalue weighted by molar-refractivity contribution is 5.55. The van der Waals surface area contributed by atoms with Crippen LogP contribution in [0.5, 0.6) is 0 Å². The van der Waals surface area contributed by atoms with Crippen molar-refractivity contribution in [3.05, 3.63) is 51.5 Å². The van der Waals surface area contributed by atoms with Crippen LogP contribution < -0.4 is 0 Å². The Kier molecular flexibility index (Phi) is 2.41. The number of hydrogen-bond acceptors (Lipinski definition) is 2. The van der Waals surface area contributed by atoms with Crippen molar-refractivity contribution >= 4 is 6.08 Å². The molecule has 0 spiro atoms. The largest absolute Gasteiger partial charge is 0.348 e. The average Bonchev–Trinajstić information content (AvgIpc) is 2.46. The van der Waals surface area contributed by atoms with Crippen LogP contribution in [0.15, 0.2) is 30.1 Å². The van der Waals surface area contributed by atoms with E-state index in [1.807, 2.05) is 18.3 Å². The van der Waals surface area contributed by atoms with Gasteiger partial charge in [-0.2, -0.15) is 0 Å². The molecule has 0 aromatic carbocycles. The zero-order valence-electron chi connectivity index (χ0n) is 8.51. The fraction of sp³-hybridized carbons (Fsp3) is 0.273. The molecule has 2 rings (SSSR count). The molecule has 0 saturated carbocycles. The molecule has 1 aromatic rings. The zero-order chi connectivity index (χ0) is 10.8. The predicted octanol–water partition coefficient (Wildman–Crippen LogP) is 2.24. The van der Waals surface area contributed by atoms with Crippen LogP contribution in [-0.2, 0) is 13.0 Å². The number of nitrogens with zero attached hydrogens (tertiary/aromatic N) is 2. The molecule has 78 valence electrons. The fourth-order valence-electron chi connectivity index (χ4n) is 1.79. The molecular formula is C11H12N2O2. The van der Waals surface area contributed by atoms with Gasteiger partial charge in [-0.05, 0) is 24.6 Å². The summed E-state index contributed by atoms with van der Waals surface area (Å²) in [5, 5.41) is 10.7. The van der Waals surface area contributed by atoms with Crippen LogP contribution in [-0.4, -0.2) is 9.49 Å². The van der Waals surface area contributed by atoms with E-state index in [1.54, 1.807) is 12.2 Å². The smallest absolute Gasteiger partial charge is 0.250 e. The second kappa shape index (κ2) is 3.73. The van der Waals surface area contributed by atoms with Gasteiger partial charge in [-0.3, -0.25) is 10.1 Å². The normalized spacial score (nSPS) is 14.3. The molecule has 0 amide bonds. The molecule has 1 aliphatic carbocycles. The van der Waals surface area contributed by atoms with Crippen molar-refractivity contribution < 1.29 is 4.92 Å². The summed E-state index contributed by atoms with van der Waals surface area (Å²) in [6, 6.07) is 1.95. The van der Waals surface area contributed by atoms with Crippen molar-refractivity contribution in [3.8, 4) is 0 Å². The van der Waals surface area contributed by atoms with E-state index < -0.39 is 0 Å². The van der Waals surface area contributed by atoms with Crippen LogP contribution in [0.3, 0.4) is 0 Å². The molecule has 0 radical (unpaired) electrons. The van der Waals surface area contributed by atoms with Gasteiger partial charge < -0.3 is 4.57 Å². The Hall–Kier alpha value is -1.84. The highest BCUT2D eigenvalue weighted by Crippen LogP contribution is 2.20. The molecule has 1 aromatic heterocycles. The Morgan fingerprint density at radius 2 is 2.40 bits per heavy atom. The number of aryl methyl sites for hydroxylation is 1. The summed E-state index contributed by atoms with van der Waals surface area (Å²) in [5.41, 5.74) is 2.35. The zero-order valence-corrected chi connectivity index (χ0v) is 8.51. The number of rotatable bonds is 2. The van der Waals surface area contributed by atoms with Crippen molar-refractivity contribution in [3.63, 3.8) is 0 Å². The summed E-state index contributed by atoms with van der Waals surface area (Å²) >= 11 is 0. The molecule has 0 aliphatic heterocycles. The monoisotopic (exact) mass is 204 g/mol. The summed E-state index contributed by atoms with van der Waals surface area (Å²) in [5.74, 6) is 0. The molecule has 0 saturated heterocycles. The summed E-state index contributed by atoms with van der Waals surface area (Å²) in [4.78, 5) is 10.4. The third kappa shape index (κ3) is 1.70. The number of aromatic nitrogens is 1. The minimum absolute atomic E-state index is 0.249. The van der Waals surface area contributed by atoms with Gasteiger partial charge in [0.2, 0.25) is 0 Å². The van der Waals surface area contributed by atoms with E-state index in [0.29, 0.717) is 6.42 Å². The molecule has 4 heteroatoms. The molecule has 0 unspecified atom stereocenters. The Labute approximate surface area is 87.7 Å². The minimum atomic E-state index is -0.317. The van der Waals surface area contributed by atoms with E-state index in [-0.39, 0.29) is 10.6 Å². The van der Waals surface area contributed by atoms with Crippen molar-refractivity contribution in [1.29, 1.82) is 0 Å². The van der Waals surface area contributed by atoms with Gasteiger partial charge in [0, 0.05) is 24.5 Å². The maximum absolute atomic E-state index is 10.7. The van der Waals surface area contributed by atoms with Gasteiger partial charge in [-0.15, -0.1) is 0 Å². The van der Waals surface area contributed by atoms with E-state index in [9.17, 15) is 10.1 Å². The van der Waals surface area contributed by atoms with Gasteiger partial charge in [0.15, 0.2) is 0 Å². The number of fused-ring (bicyclic) bond motifs is 1. The maximum atomic E-state index is 10.7. The quantitative estimate of drug-likeness (QED) is 0.548. The van der Waals surface area contributed by atoms with Gasteiger partial charge >= 0.3 is 0 Å². The summed E-state index contributed by atoms with van der Waals surface area (Å²) < 4.78 is 2.09.